The van der Waals surface area contributed by atoms with Crippen LogP contribution in [0.25, 0.3) is 0 Å². The molecule has 2 aliphatic rings. The van der Waals surface area contributed by atoms with Crippen LogP contribution in [-0.4, -0.2) is 67.1 Å². The molecule has 0 saturated carbocycles. The molecule has 3 rings (SSSR count). The molecule has 0 aliphatic carbocycles. The van der Waals surface area contributed by atoms with Crippen molar-refractivity contribution >= 4 is 17.8 Å². The zero-order chi connectivity index (χ0) is 22.7. The molecule has 1 aromatic heterocycles. The molecule has 0 bridgehead atoms. The molecule has 4 unspecified atom stereocenters. The third kappa shape index (κ3) is 4.63. The van der Waals surface area contributed by atoms with Gasteiger partial charge in [-0.2, -0.15) is 0 Å². The number of aliphatic hydroxyl groups is 1. The van der Waals surface area contributed by atoms with Gasteiger partial charge in [0.15, 0.2) is 0 Å². The lowest BCUT2D eigenvalue weighted by molar-refractivity contribution is -0.163. The number of aliphatic hydroxyl groups excluding tert-OH is 1. The van der Waals surface area contributed by atoms with Crippen LogP contribution in [0.5, 0.6) is 0 Å². The van der Waals surface area contributed by atoms with Crippen molar-refractivity contribution in [2.24, 2.45) is 11.8 Å². The Morgan fingerprint density at radius 2 is 2.00 bits per heavy atom. The SMILES string of the molecule is CNC(=O)CCCCn1cc(CCCC2=C(C(=O)O)N3C(=O)C(C(C)O)C3C2C)nn1. The summed E-state index contributed by atoms with van der Waals surface area (Å²) in [6.45, 7) is 4.20. The van der Waals surface area contributed by atoms with Gasteiger partial charge in [-0.3, -0.25) is 14.3 Å². The number of unbranched alkanes of at least 4 members (excludes halogenated alkanes) is 1. The van der Waals surface area contributed by atoms with Crippen LogP contribution in [0.3, 0.4) is 0 Å². The lowest BCUT2D eigenvalue weighted by Gasteiger charge is -2.46. The Morgan fingerprint density at radius 1 is 1.26 bits per heavy atom. The van der Waals surface area contributed by atoms with Crippen molar-refractivity contribution in [2.45, 2.75) is 71.1 Å². The number of hydrogen-bond donors (Lipinski definition) is 3. The standard InChI is InChI=1S/C21H31N5O5/c1-12-15(19(21(30)31)26-18(12)17(13(2)27)20(26)29)8-6-7-14-11-25(24-23-14)10-5-4-9-16(28)22-3/h11-13,17-18,27H,4-10H2,1-3H3,(H,22,28)(H,30,31). The van der Waals surface area contributed by atoms with Crippen LogP contribution >= 0.6 is 0 Å². The summed E-state index contributed by atoms with van der Waals surface area (Å²) in [5.74, 6) is -2.01. The number of fused-ring (bicyclic) bond motifs is 1. The van der Waals surface area contributed by atoms with E-state index < -0.39 is 18.0 Å². The van der Waals surface area contributed by atoms with Crippen LogP contribution in [0, 0.1) is 11.8 Å². The number of aromatic nitrogens is 3. The maximum absolute atomic E-state index is 12.4. The third-order valence-corrected chi connectivity index (χ3v) is 6.30. The normalized spacial score (nSPS) is 23.5. The van der Waals surface area contributed by atoms with Crippen LogP contribution in [0.15, 0.2) is 17.5 Å². The topological polar surface area (TPSA) is 138 Å². The zero-order valence-electron chi connectivity index (χ0n) is 18.2. The van der Waals surface area contributed by atoms with E-state index in [2.05, 4.69) is 15.6 Å². The van der Waals surface area contributed by atoms with E-state index in [1.165, 1.54) is 4.90 Å². The van der Waals surface area contributed by atoms with Gasteiger partial charge in [-0.1, -0.05) is 12.1 Å². The lowest BCUT2D eigenvalue weighted by Crippen LogP contribution is -2.63. The van der Waals surface area contributed by atoms with Gasteiger partial charge in [0, 0.05) is 32.1 Å². The van der Waals surface area contributed by atoms with Crippen molar-refractivity contribution in [1.29, 1.82) is 0 Å². The van der Waals surface area contributed by atoms with Crippen molar-refractivity contribution in [3.8, 4) is 0 Å². The van der Waals surface area contributed by atoms with Crippen LogP contribution in [-0.2, 0) is 27.3 Å². The number of aryl methyl sites for hydroxylation is 2. The van der Waals surface area contributed by atoms with Gasteiger partial charge in [0.25, 0.3) is 0 Å². The monoisotopic (exact) mass is 433 g/mol. The van der Waals surface area contributed by atoms with E-state index in [9.17, 15) is 24.6 Å². The Morgan fingerprint density at radius 3 is 2.65 bits per heavy atom. The van der Waals surface area contributed by atoms with Gasteiger partial charge < -0.3 is 20.4 Å². The van der Waals surface area contributed by atoms with Crippen molar-refractivity contribution < 1.29 is 24.6 Å². The van der Waals surface area contributed by atoms with Crippen LogP contribution in [0.2, 0.25) is 0 Å². The Balaban J connectivity index is 1.53. The fourth-order valence-corrected chi connectivity index (χ4v) is 4.69. The maximum Gasteiger partial charge on any atom is 0.352 e. The zero-order valence-corrected chi connectivity index (χ0v) is 18.2. The van der Waals surface area contributed by atoms with E-state index in [1.807, 2.05) is 13.1 Å². The van der Waals surface area contributed by atoms with Crippen LogP contribution in [0.4, 0.5) is 0 Å². The highest BCUT2D eigenvalue weighted by Crippen LogP contribution is 2.48. The van der Waals surface area contributed by atoms with Gasteiger partial charge in [0.05, 0.1) is 23.8 Å². The first-order valence-corrected chi connectivity index (χ1v) is 10.8. The van der Waals surface area contributed by atoms with Crippen molar-refractivity contribution in [2.75, 3.05) is 7.05 Å². The van der Waals surface area contributed by atoms with Gasteiger partial charge in [-0.25, -0.2) is 4.79 Å². The predicted molar refractivity (Wildman–Crippen MR) is 111 cm³/mol. The number of carbonyl (C=O) groups is 3. The highest BCUT2D eigenvalue weighted by Gasteiger charge is 2.59. The summed E-state index contributed by atoms with van der Waals surface area (Å²) >= 11 is 0. The summed E-state index contributed by atoms with van der Waals surface area (Å²) in [6, 6.07) is -0.274. The molecule has 10 heteroatoms. The molecule has 0 radical (unpaired) electrons. The number of carbonyl (C=O) groups excluding carboxylic acids is 2. The summed E-state index contributed by atoms with van der Waals surface area (Å²) in [5, 5.41) is 30.5. The quantitative estimate of drug-likeness (QED) is 0.345. The molecule has 3 heterocycles. The van der Waals surface area contributed by atoms with Crippen molar-refractivity contribution in [3.05, 3.63) is 23.2 Å². The summed E-state index contributed by atoms with van der Waals surface area (Å²) < 4.78 is 1.76. The molecular weight excluding hydrogens is 402 g/mol. The molecule has 0 spiro atoms. The maximum atomic E-state index is 12.4. The Kier molecular flexibility index (Phi) is 7.09. The molecule has 2 amide bonds. The number of aliphatic carboxylic acids is 1. The molecular formula is C21H31N5O5. The van der Waals surface area contributed by atoms with E-state index in [0.29, 0.717) is 32.2 Å². The fraction of sp³-hybridized carbons (Fsp3) is 0.667. The smallest absolute Gasteiger partial charge is 0.352 e. The molecule has 1 fully saturated rings. The average Bonchev–Trinajstić information content (AvgIpc) is 3.26. The minimum absolute atomic E-state index is 0.0293. The molecule has 1 aromatic rings. The van der Waals surface area contributed by atoms with Gasteiger partial charge in [-0.05, 0) is 44.6 Å². The predicted octanol–water partition coefficient (Wildman–Crippen LogP) is 0.713. The average molecular weight is 434 g/mol. The van der Waals surface area contributed by atoms with Crippen LogP contribution < -0.4 is 5.32 Å². The highest BCUT2D eigenvalue weighted by molar-refractivity contribution is 6.00. The van der Waals surface area contributed by atoms with Gasteiger partial charge in [0.1, 0.15) is 5.70 Å². The van der Waals surface area contributed by atoms with E-state index in [1.54, 1.807) is 18.7 Å². The van der Waals surface area contributed by atoms with Gasteiger partial charge >= 0.3 is 5.97 Å². The second-order valence-electron chi connectivity index (χ2n) is 8.39. The lowest BCUT2D eigenvalue weighted by atomic mass is 9.77. The van der Waals surface area contributed by atoms with Gasteiger partial charge in [-0.15, -0.1) is 5.10 Å². The number of amides is 2. The summed E-state index contributed by atoms with van der Waals surface area (Å²) in [7, 11) is 1.62. The van der Waals surface area contributed by atoms with Crippen LogP contribution in [0.1, 0.15) is 51.6 Å². The second kappa shape index (κ2) is 9.59. The summed E-state index contributed by atoms with van der Waals surface area (Å²) in [4.78, 5) is 36.8. The van der Waals surface area contributed by atoms with Crippen molar-refractivity contribution in [3.63, 3.8) is 0 Å². The molecule has 1 saturated heterocycles. The first kappa shape index (κ1) is 22.9. The minimum Gasteiger partial charge on any atom is -0.477 e. The number of nitrogens with one attached hydrogen (secondary N) is 1. The number of carboxylic acid groups (broad SMARTS) is 1. The van der Waals surface area contributed by atoms with E-state index in [0.717, 1.165) is 24.1 Å². The van der Waals surface area contributed by atoms with E-state index in [4.69, 9.17) is 0 Å². The molecule has 170 valence electrons. The fourth-order valence-electron chi connectivity index (χ4n) is 4.69. The van der Waals surface area contributed by atoms with Gasteiger partial charge in [0.2, 0.25) is 11.8 Å². The minimum atomic E-state index is -1.09. The molecule has 10 nitrogen and oxygen atoms in total. The number of carboxylic acids is 1. The third-order valence-electron chi connectivity index (χ3n) is 6.30. The Hall–Kier alpha value is -2.75. The summed E-state index contributed by atoms with van der Waals surface area (Å²) in [5.41, 5.74) is 1.67. The first-order valence-electron chi connectivity index (χ1n) is 10.8. The first-order chi connectivity index (χ1) is 14.8. The molecule has 0 aromatic carbocycles. The van der Waals surface area contributed by atoms with E-state index in [-0.39, 0.29) is 29.5 Å². The second-order valence-corrected chi connectivity index (χ2v) is 8.39. The number of hydrogen-bond acceptors (Lipinski definition) is 6. The van der Waals surface area contributed by atoms with E-state index >= 15 is 0 Å². The van der Waals surface area contributed by atoms with Crippen molar-refractivity contribution in [1.82, 2.24) is 25.2 Å². The number of rotatable bonds is 11. The largest absolute Gasteiger partial charge is 0.477 e. The molecule has 31 heavy (non-hydrogen) atoms. The number of β-lactam (4-membered cyclic amide) rings is 1. The molecule has 2 aliphatic heterocycles. The Bertz CT molecular complexity index is 877. The Labute approximate surface area is 181 Å². The molecule has 4 atom stereocenters. The summed E-state index contributed by atoms with van der Waals surface area (Å²) in [6.07, 6.45) is 5.09. The number of nitrogens with zero attached hydrogens (tertiary/aromatic N) is 4. The highest BCUT2D eigenvalue weighted by atomic mass is 16.4. The molecule has 3 N–H and O–H groups in total.